The van der Waals surface area contributed by atoms with E-state index in [0.717, 1.165) is 29.3 Å². The second-order valence-electron chi connectivity index (χ2n) is 7.49. The topological polar surface area (TPSA) is 105 Å². The summed E-state index contributed by atoms with van der Waals surface area (Å²) in [6.45, 7) is 1.42. The fraction of sp³-hybridized carbons (Fsp3) is 0.286. The van der Waals surface area contributed by atoms with E-state index < -0.39 is 9.84 Å². The fourth-order valence-corrected chi connectivity index (χ4v) is 4.43. The molecule has 8 heteroatoms. The third-order valence-corrected chi connectivity index (χ3v) is 6.42. The van der Waals surface area contributed by atoms with Crippen LogP contribution < -0.4 is 5.32 Å². The molecule has 148 valence electrons. The Balaban J connectivity index is 1.88. The molecule has 2 heterocycles. The van der Waals surface area contributed by atoms with E-state index in [1.54, 1.807) is 30.5 Å². The molecule has 1 saturated carbocycles. The summed E-state index contributed by atoms with van der Waals surface area (Å²) in [6, 6.07) is 10.8. The summed E-state index contributed by atoms with van der Waals surface area (Å²) < 4.78 is 25.9. The summed E-state index contributed by atoms with van der Waals surface area (Å²) in [5.74, 6) is 0.539. The van der Waals surface area contributed by atoms with Crippen molar-refractivity contribution in [3.8, 4) is 11.8 Å². The van der Waals surface area contributed by atoms with E-state index >= 15 is 0 Å². The molecule has 1 fully saturated rings. The molecular weight excluding hydrogens is 388 g/mol. The number of sulfone groups is 1. The van der Waals surface area contributed by atoms with E-state index in [1.807, 2.05) is 16.8 Å². The lowest BCUT2D eigenvalue weighted by Gasteiger charge is -2.30. The van der Waals surface area contributed by atoms with E-state index in [4.69, 9.17) is 5.26 Å². The van der Waals surface area contributed by atoms with Crippen LogP contribution in [0.1, 0.15) is 31.2 Å². The van der Waals surface area contributed by atoms with Crippen LogP contribution in [0.3, 0.4) is 0 Å². The summed E-state index contributed by atoms with van der Waals surface area (Å²) >= 11 is 0. The van der Waals surface area contributed by atoms with Crippen molar-refractivity contribution in [3.63, 3.8) is 0 Å². The van der Waals surface area contributed by atoms with Gasteiger partial charge >= 0.3 is 0 Å². The van der Waals surface area contributed by atoms with Gasteiger partial charge in [0, 0.05) is 48.6 Å². The van der Waals surface area contributed by atoms with Crippen molar-refractivity contribution in [3.05, 3.63) is 48.3 Å². The molecule has 0 aliphatic heterocycles. The Bertz CT molecular complexity index is 1260. The molecule has 4 rings (SSSR count). The van der Waals surface area contributed by atoms with Crippen LogP contribution in [-0.4, -0.2) is 30.1 Å². The zero-order valence-electron chi connectivity index (χ0n) is 16.1. The van der Waals surface area contributed by atoms with Gasteiger partial charge in [-0.25, -0.2) is 13.4 Å². The van der Waals surface area contributed by atoms with Gasteiger partial charge < -0.3 is 9.88 Å². The molecule has 1 N–H and O–H groups in total. The van der Waals surface area contributed by atoms with Crippen LogP contribution in [0.5, 0.6) is 0 Å². The van der Waals surface area contributed by atoms with Crippen molar-refractivity contribution in [1.82, 2.24) is 9.55 Å². The first kappa shape index (κ1) is 19.2. The molecule has 0 atom stereocenters. The molecule has 2 aromatic heterocycles. The number of nitriles is 1. The van der Waals surface area contributed by atoms with Gasteiger partial charge in [-0.05, 0) is 42.5 Å². The number of benzene rings is 1. The standard InChI is InChI=1S/C21H20N4O3S/c1-13(26)24-21-9-20-18(11-23-21)19(15-6-14(7-15)10-22)12-25(20)16-4-3-5-17(8-16)29(2,27)28/h3-5,8-9,11-12,14-15H,6-7H2,1-2H3,(H,23,24,26). The van der Waals surface area contributed by atoms with E-state index in [2.05, 4.69) is 16.4 Å². The van der Waals surface area contributed by atoms with Gasteiger partial charge in [-0.3, -0.25) is 4.79 Å². The van der Waals surface area contributed by atoms with E-state index in [0.29, 0.717) is 11.5 Å². The normalized spacial score (nSPS) is 18.8. The number of hydrogen-bond acceptors (Lipinski definition) is 5. The van der Waals surface area contributed by atoms with Crippen LogP contribution in [0, 0.1) is 17.2 Å². The average molecular weight is 408 g/mol. The number of amides is 1. The predicted octanol–water partition coefficient (Wildman–Crippen LogP) is 3.40. The summed E-state index contributed by atoms with van der Waals surface area (Å²) in [6.07, 6.45) is 6.50. The molecule has 29 heavy (non-hydrogen) atoms. The molecule has 7 nitrogen and oxygen atoms in total. The molecule has 0 radical (unpaired) electrons. The maximum atomic E-state index is 12.0. The molecule has 0 bridgehead atoms. The van der Waals surface area contributed by atoms with Gasteiger partial charge in [0.15, 0.2) is 9.84 Å². The van der Waals surface area contributed by atoms with Crippen molar-refractivity contribution in [2.24, 2.45) is 5.92 Å². The highest BCUT2D eigenvalue weighted by atomic mass is 32.2. The average Bonchev–Trinajstić information content (AvgIpc) is 2.98. The molecule has 1 amide bonds. The molecular formula is C21H20N4O3S. The first-order valence-corrected chi connectivity index (χ1v) is 11.1. The summed E-state index contributed by atoms with van der Waals surface area (Å²) in [7, 11) is -3.34. The van der Waals surface area contributed by atoms with Crippen molar-refractivity contribution >= 4 is 32.5 Å². The highest BCUT2D eigenvalue weighted by Crippen LogP contribution is 2.44. The molecule has 0 spiro atoms. The Morgan fingerprint density at radius 2 is 2.07 bits per heavy atom. The van der Waals surface area contributed by atoms with Gasteiger partial charge in [-0.1, -0.05) is 6.07 Å². The smallest absolute Gasteiger partial charge is 0.222 e. The van der Waals surface area contributed by atoms with E-state index in [9.17, 15) is 13.2 Å². The summed E-state index contributed by atoms with van der Waals surface area (Å²) in [5.41, 5.74) is 2.61. The number of nitrogens with zero attached hydrogens (tertiary/aromatic N) is 3. The molecule has 0 saturated heterocycles. The zero-order valence-corrected chi connectivity index (χ0v) is 16.9. The number of pyridine rings is 1. The lowest BCUT2D eigenvalue weighted by atomic mass is 9.72. The Morgan fingerprint density at radius 1 is 1.31 bits per heavy atom. The van der Waals surface area contributed by atoms with Gasteiger partial charge in [0.05, 0.1) is 16.5 Å². The fourth-order valence-electron chi connectivity index (χ4n) is 3.77. The highest BCUT2D eigenvalue weighted by molar-refractivity contribution is 7.90. The molecule has 1 aromatic carbocycles. The zero-order chi connectivity index (χ0) is 20.8. The van der Waals surface area contributed by atoms with Crippen molar-refractivity contribution in [1.29, 1.82) is 5.26 Å². The van der Waals surface area contributed by atoms with Crippen molar-refractivity contribution in [2.45, 2.75) is 30.6 Å². The second-order valence-corrected chi connectivity index (χ2v) is 9.50. The van der Waals surface area contributed by atoms with Gasteiger partial charge in [-0.2, -0.15) is 5.26 Å². The van der Waals surface area contributed by atoms with Gasteiger partial charge in [0.2, 0.25) is 5.91 Å². The van der Waals surface area contributed by atoms with Crippen LogP contribution in [-0.2, 0) is 14.6 Å². The van der Waals surface area contributed by atoms with Crippen LogP contribution in [0.2, 0.25) is 0 Å². The number of fused-ring (bicyclic) bond motifs is 1. The molecule has 1 aliphatic carbocycles. The first-order chi connectivity index (χ1) is 13.8. The lowest BCUT2D eigenvalue weighted by molar-refractivity contribution is -0.114. The third kappa shape index (κ3) is 3.61. The van der Waals surface area contributed by atoms with Crippen LogP contribution in [0.15, 0.2) is 47.6 Å². The number of aromatic nitrogens is 2. The number of rotatable bonds is 4. The predicted molar refractivity (Wildman–Crippen MR) is 110 cm³/mol. The number of nitrogens with one attached hydrogen (secondary N) is 1. The van der Waals surface area contributed by atoms with Gasteiger partial charge in [-0.15, -0.1) is 0 Å². The largest absolute Gasteiger partial charge is 0.316 e. The van der Waals surface area contributed by atoms with Gasteiger partial charge in [0.1, 0.15) is 5.82 Å². The minimum Gasteiger partial charge on any atom is -0.316 e. The third-order valence-electron chi connectivity index (χ3n) is 5.31. The summed E-state index contributed by atoms with van der Waals surface area (Å²) in [4.78, 5) is 16.0. The Morgan fingerprint density at radius 3 is 2.72 bits per heavy atom. The first-order valence-electron chi connectivity index (χ1n) is 9.25. The quantitative estimate of drug-likeness (QED) is 0.712. The maximum Gasteiger partial charge on any atom is 0.222 e. The van der Waals surface area contributed by atoms with Gasteiger partial charge in [0.25, 0.3) is 0 Å². The van der Waals surface area contributed by atoms with E-state index in [-0.39, 0.29) is 22.6 Å². The number of hydrogen-bond donors (Lipinski definition) is 1. The lowest BCUT2D eigenvalue weighted by Crippen LogP contribution is -2.20. The minimum atomic E-state index is -3.34. The Kier molecular flexibility index (Phi) is 4.63. The number of carbonyl (C=O) groups excluding carboxylic acids is 1. The SMILES string of the molecule is CC(=O)Nc1cc2c(cn1)c(C1CC(C#N)C1)cn2-c1cccc(S(C)(=O)=O)c1. The van der Waals surface area contributed by atoms with Crippen molar-refractivity contribution < 1.29 is 13.2 Å². The van der Waals surface area contributed by atoms with Crippen LogP contribution >= 0.6 is 0 Å². The highest BCUT2D eigenvalue weighted by Gasteiger charge is 2.32. The minimum absolute atomic E-state index is 0.0681. The monoisotopic (exact) mass is 408 g/mol. The second kappa shape index (κ2) is 7.01. The Labute approximate surface area is 168 Å². The van der Waals surface area contributed by atoms with Crippen molar-refractivity contribution in [2.75, 3.05) is 11.6 Å². The molecule has 0 unspecified atom stereocenters. The Hall–Kier alpha value is -3.18. The summed E-state index contributed by atoms with van der Waals surface area (Å²) in [5, 5.41) is 12.7. The maximum absolute atomic E-state index is 12.0. The molecule has 3 aromatic rings. The molecule has 1 aliphatic rings. The number of anilines is 1. The van der Waals surface area contributed by atoms with Crippen LogP contribution in [0.25, 0.3) is 16.6 Å². The number of carbonyl (C=O) groups is 1. The van der Waals surface area contributed by atoms with E-state index in [1.165, 1.54) is 13.2 Å². The van der Waals surface area contributed by atoms with Crippen LogP contribution in [0.4, 0.5) is 5.82 Å².